The second-order valence-electron chi connectivity index (χ2n) is 3.45. The van der Waals surface area contributed by atoms with Crippen LogP contribution in [0.3, 0.4) is 0 Å². The molecule has 0 radical (unpaired) electrons. The first-order valence-corrected chi connectivity index (χ1v) is 4.98. The van der Waals surface area contributed by atoms with Crippen LogP contribution in [0.4, 0.5) is 4.39 Å². The quantitative estimate of drug-likeness (QED) is 0.862. The Morgan fingerprint density at radius 1 is 1.38 bits per heavy atom. The first-order valence-electron chi connectivity index (χ1n) is 4.98. The van der Waals surface area contributed by atoms with E-state index < -0.39 is 0 Å². The molecule has 2 rings (SSSR count). The Morgan fingerprint density at radius 3 is 2.81 bits per heavy atom. The van der Waals surface area contributed by atoms with Crippen molar-refractivity contribution in [2.24, 2.45) is 0 Å². The van der Waals surface area contributed by atoms with Crippen LogP contribution in [0.15, 0.2) is 28.8 Å². The normalized spacial score (nSPS) is 12.7. The highest BCUT2D eigenvalue weighted by Crippen LogP contribution is 2.20. The van der Waals surface area contributed by atoms with Crippen molar-refractivity contribution in [2.75, 3.05) is 7.05 Å². The van der Waals surface area contributed by atoms with Gasteiger partial charge in [-0.15, -0.1) is 0 Å². The van der Waals surface area contributed by atoms with Gasteiger partial charge in [0, 0.05) is 0 Å². The second-order valence-corrected chi connectivity index (χ2v) is 3.45. The Hall–Kier alpha value is -1.75. The van der Waals surface area contributed by atoms with Crippen LogP contribution < -0.4 is 5.32 Å². The Labute approximate surface area is 92.5 Å². The molecule has 1 atom stereocenters. The number of halogens is 1. The predicted octanol–water partition coefficient (Wildman–Crippen LogP) is 2.16. The minimum atomic E-state index is -0.355. The third kappa shape index (κ3) is 1.94. The van der Waals surface area contributed by atoms with Crippen LogP contribution in [0.25, 0.3) is 11.4 Å². The highest BCUT2D eigenvalue weighted by Gasteiger charge is 2.15. The summed E-state index contributed by atoms with van der Waals surface area (Å²) in [6, 6.07) is 6.29. The van der Waals surface area contributed by atoms with Gasteiger partial charge >= 0.3 is 0 Å². The Morgan fingerprint density at radius 2 is 2.12 bits per heavy atom. The molecule has 0 saturated carbocycles. The van der Waals surface area contributed by atoms with Gasteiger partial charge < -0.3 is 9.84 Å². The summed E-state index contributed by atoms with van der Waals surface area (Å²) in [7, 11) is 1.79. The van der Waals surface area contributed by atoms with Crippen LogP contribution >= 0.6 is 0 Å². The summed E-state index contributed by atoms with van der Waals surface area (Å²) in [5, 5.41) is 6.72. The highest BCUT2D eigenvalue weighted by molar-refractivity contribution is 5.54. The molecule has 4 nitrogen and oxygen atoms in total. The minimum Gasteiger partial charge on any atom is -0.337 e. The van der Waals surface area contributed by atoms with Crippen LogP contribution in [0.2, 0.25) is 0 Å². The molecule has 5 heteroatoms. The number of nitrogens with one attached hydrogen (secondary N) is 1. The van der Waals surface area contributed by atoms with Crippen molar-refractivity contribution in [1.82, 2.24) is 15.5 Å². The predicted molar refractivity (Wildman–Crippen MR) is 57.2 cm³/mol. The van der Waals surface area contributed by atoms with Crippen LogP contribution in [-0.4, -0.2) is 17.2 Å². The van der Waals surface area contributed by atoms with Gasteiger partial charge in [-0.2, -0.15) is 4.98 Å². The lowest BCUT2D eigenvalue weighted by molar-refractivity contribution is 0.347. The molecule has 1 unspecified atom stereocenters. The number of hydrogen-bond acceptors (Lipinski definition) is 4. The Kier molecular flexibility index (Phi) is 2.96. The molecule has 0 fully saturated rings. The second kappa shape index (κ2) is 4.40. The molecule has 1 aromatic carbocycles. The topological polar surface area (TPSA) is 51.0 Å². The highest BCUT2D eigenvalue weighted by atomic mass is 19.1. The first kappa shape index (κ1) is 10.8. The fraction of sp³-hybridized carbons (Fsp3) is 0.273. The zero-order valence-electron chi connectivity index (χ0n) is 9.07. The van der Waals surface area contributed by atoms with Gasteiger partial charge in [-0.05, 0) is 26.1 Å². The van der Waals surface area contributed by atoms with E-state index in [4.69, 9.17) is 4.52 Å². The van der Waals surface area contributed by atoms with E-state index in [0.717, 1.165) is 0 Å². The standard InChI is InChI=1S/C11H12FN3O/c1-7(13-2)11-14-10(15-16-11)8-5-3-4-6-9(8)12/h3-7,13H,1-2H3. The van der Waals surface area contributed by atoms with Crippen molar-refractivity contribution in [3.05, 3.63) is 36.0 Å². The van der Waals surface area contributed by atoms with E-state index in [9.17, 15) is 4.39 Å². The van der Waals surface area contributed by atoms with Crippen molar-refractivity contribution in [3.8, 4) is 11.4 Å². The zero-order valence-corrected chi connectivity index (χ0v) is 9.07. The van der Waals surface area contributed by atoms with Crippen molar-refractivity contribution in [1.29, 1.82) is 0 Å². The molecule has 1 aromatic heterocycles. The summed E-state index contributed by atoms with van der Waals surface area (Å²) in [5.41, 5.74) is 0.348. The summed E-state index contributed by atoms with van der Waals surface area (Å²) in [4.78, 5) is 4.13. The molecule has 1 N–H and O–H groups in total. The van der Waals surface area contributed by atoms with Crippen LogP contribution in [0.5, 0.6) is 0 Å². The van der Waals surface area contributed by atoms with Gasteiger partial charge in [-0.1, -0.05) is 17.3 Å². The lowest BCUT2D eigenvalue weighted by Crippen LogP contribution is -2.12. The Balaban J connectivity index is 2.35. The molecule has 0 aliphatic rings. The van der Waals surface area contributed by atoms with Crippen LogP contribution in [0.1, 0.15) is 18.9 Å². The fourth-order valence-corrected chi connectivity index (χ4v) is 1.29. The number of rotatable bonds is 3. The molecule has 0 aliphatic carbocycles. The van der Waals surface area contributed by atoms with Crippen molar-refractivity contribution in [3.63, 3.8) is 0 Å². The maximum atomic E-state index is 13.4. The maximum Gasteiger partial charge on any atom is 0.243 e. The molecule has 2 aromatic rings. The zero-order chi connectivity index (χ0) is 11.5. The fourth-order valence-electron chi connectivity index (χ4n) is 1.29. The maximum absolute atomic E-state index is 13.4. The van der Waals surface area contributed by atoms with Gasteiger partial charge in [0.05, 0.1) is 11.6 Å². The average molecular weight is 221 g/mol. The van der Waals surface area contributed by atoms with Gasteiger partial charge in [0.2, 0.25) is 11.7 Å². The molecule has 16 heavy (non-hydrogen) atoms. The monoisotopic (exact) mass is 221 g/mol. The summed E-state index contributed by atoms with van der Waals surface area (Å²) in [6.07, 6.45) is 0. The molecule has 1 heterocycles. The van der Waals surface area contributed by atoms with Crippen LogP contribution in [0, 0.1) is 5.82 Å². The van der Waals surface area contributed by atoms with E-state index >= 15 is 0 Å². The summed E-state index contributed by atoms with van der Waals surface area (Å²) >= 11 is 0. The number of nitrogens with zero attached hydrogens (tertiary/aromatic N) is 2. The van der Waals surface area contributed by atoms with Crippen LogP contribution in [-0.2, 0) is 0 Å². The number of aromatic nitrogens is 2. The summed E-state index contributed by atoms with van der Waals surface area (Å²) in [6.45, 7) is 1.89. The largest absolute Gasteiger partial charge is 0.337 e. The van der Waals surface area contributed by atoms with E-state index in [2.05, 4.69) is 15.5 Å². The average Bonchev–Trinajstić information content (AvgIpc) is 2.78. The van der Waals surface area contributed by atoms with Gasteiger partial charge in [0.25, 0.3) is 0 Å². The number of benzene rings is 1. The van der Waals surface area contributed by atoms with E-state index in [0.29, 0.717) is 11.5 Å². The summed E-state index contributed by atoms with van der Waals surface area (Å²) in [5.74, 6) is 0.364. The van der Waals surface area contributed by atoms with Crippen molar-refractivity contribution < 1.29 is 8.91 Å². The molecule has 84 valence electrons. The molecule has 0 bridgehead atoms. The smallest absolute Gasteiger partial charge is 0.243 e. The molecule has 0 spiro atoms. The SMILES string of the molecule is CNC(C)c1nc(-c2ccccc2F)no1. The van der Waals surface area contributed by atoms with E-state index in [1.165, 1.54) is 6.07 Å². The van der Waals surface area contributed by atoms with Gasteiger partial charge in [0.15, 0.2) is 0 Å². The van der Waals surface area contributed by atoms with Crippen molar-refractivity contribution >= 4 is 0 Å². The summed E-state index contributed by atoms with van der Waals surface area (Å²) < 4.78 is 18.5. The van der Waals surface area contributed by atoms with Gasteiger partial charge in [-0.3, -0.25) is 0 Å². The number of hydrogen-bond donors (Lipinski definition) is 1. The third-order valence-electron chi connectivity index (χ3n) is 2.36. The van der Waals surface area contributed by atoms with E-state index in [-0.39, 0.29) is 17.7 Å². The van der Waals surface area contributed by atoms with E-state index in [1.807, 2.05) is 6.92 Å². The molecule has 0 saturated heterocycles. The molecular formula is C11H12FN3O. The molecule has 0 amide bonds. The molecule has 0 aliphatic heterocycles. The lowest BCUT2D eigenvalue weighted by atomic mass is 10.2. The first-order chi connectivity index (χ1) is 7.72. The van der Waals surface area contributed by atoms with Crippen molar-refractivity contribution in [2.45, 2.75) is 13.0 Å². The van der Waals surface area contributed by atoms with Gasteiger partial charge in [0.1, 0.15) is 5.82 Å². The minimum absolute atomic E-state index is 0.0481. The van der Waals surface area contributed by atoms with Gasteiger partial charge in [-0.25, -0.2) is 4.39 Å². The van der Waals surface area contributed by atoms with E-state index in [1.54, 1.807) is 25.2 Å². The Bertz CT molecular complexity index is 484. The third-order valence-corrected chi connectivity index (χ3v) is 2.36. The molecular weight excluding hydrogens is 209 g/mol. The lowest BCUT2D eigenvalue weighted by Gasteiger charge is -2.01.